The van der Waals surface area contributed by atoms with E-state index >= 15 is 0 Å². The molecule has 11 heteroatoms. The maximum absolute atomic E-state index is 13.2. The second kappa shape index (κ2) is 12.6. The highest BCUT2D eigenvalue weighted by Gasteiger charge is 2.29. The number of thiazole rings is 1. The number of nitrogens with zero attached hydrogens (tertiary/aromatic N) is 4. The van der Waals surface area contributed by atoms with Crippen LogP contribution < -0.4 is 10.6 Å². The number of rotatable bonds is 12. The van der Waals surface area contributed by atoms with Crippen molar-refractivity contribution in [2.24, 2.45) is 0 Å². The summed E-state index contributed by atoms with van der Waals surface area (Å²) in [5, 5.41) is 7.23. The minimum atomic E-state index is -0.290. The van der Waals surface area contributed by atoms with Crippen molar-refractivity contribution in [2.45, 2.75) is 61.6 Å². The SMILES string of the molecule is C=CCOCNc1ccc(CN2CCC[C@@H](Nc3ncc(SCc4ncc(C(C)(C)C)o4)s3)C2=O)nc1. The molecule has 198 valence electrons. The van der Waals surface area contributed by atoms with Crippen LogP contribution in [0.15, 0.2) is 52.0 Å². The van der Waals surface area contributed by atoms with Gasteiger partial charge in [-0.1, -0.05) is 38.2 Å². The Hall–Kier alpha value is -2.89. The first-order chi connectivity index (χ1) is 17.8. The van der Waals surface area contributed by atoms with Crippen molar-refractivity contribution in [3.05, 3.63) is 60.7 Å². The van der Waals surface area contributed by atoms with Gasteiger partial charge in [-0.05, 0) is 25.0 Å². The van der Waals surface area contributed by atoms with Gasteiger partial charge in [0, 0.05) is 12.0 Å². The van der Waals surface area contributed by atoms with Gasteiger partial charge < -0.3 is 24.7 Å². The Labute approximate surface area is 226 Å². The van der Waals surface area contributed by atoms with E-state index in [1.54, 1.807) is 41.6 Å². The number of oxazole rings is 1. The fourth-order valence-corrected chi connectivity index (χ4v) is 5.50. The van der Waals surface area contributed by atoms with Crippen LogP contribution >= 0.6 is 23.1 Å². The molecule has 1 atom stereocenters. The summed E-state index contributed by atoms with van der Waals surface area (Å²) in [5.74, 6) is 2.30. The smallest absolute Gasteiger partial charge is 0.245 e. The van der Waals surface area contributed by atoms with Gasteiger partial charge in [-0.3, -0.25) is 9.78 Å². The fraction of sp³-hybridized carbons (Fsp3) is 0.462. The lowest BCUT2D eigenvalue weighted by molar-refractivity contribution is -0.134. The van der Waals surface area contributed by atoms with Crippen LogP contribution in [0.2, 0.25) is 0 Å². The standard InChI is InChI=1S/C26H34N6O3S2/c1-5-11-34-17-30-18-8-9-19(27-12-18)15-32-10-6-7-20(24(32)33)31-25-29-14-23(37-25)36-16-22-28-13-21(35-22)26(2,3)4/h5,8-9,12-14,20,30H,1,6-7,10-11,15-17H2,2-4H3,(H,29,31)/t20-/m1/s1. The van der Waals surface area contributed by atoms with Gasteiger partial charge in [0.1, 0.15) is 18.5 Å². The maximum atomic E-state index is 13.2. The first-order valence-electron chi connectivity index (χ1n) is 12.3. The molecule has 0 bridgehead atoms. The number of anilines is 2. The average Bonchev–Trinajstić information content (AvgIpc) is 3.54. The Bertz CT molecular complexity index is 1170. The summed E-state index contributed by atoms with van der Waals surface area (Å²) in [6, 6.07) is 3.59. The van der Waals surface area contributed by atoms with E-state index in [1.807, 2.05) is 23.2 Å². The highest BCUT2D eigenvalue weighted by atomic mass is 32.2. The lowest BCUT2D eigenvalue weighted by atomic mass is 9.94. The van der Waals surface area contributed by atoms with Crippen molar-refractivity contribution < 1.29 is 13.9 Å². The van der Waals surface area contributed by atoms with Crippen LogP contribution in [-0.4, -0.2) is 51.7 Å². The monoisotopic (exact) mass is 542 g/mol. The molecule has 3 aromatic rings. The quantitative estimate of drug-likeness (QED) is 0.137. The van der Waals surface area contributed by atoms with Crippen molar-refractivity contribution in [1.82, 2.24) is 19.9 Å². The molecule has 3 aromatic heterocycles. The van der Waals surface area contributed by atoms with E-state index in [9.17, 15) is 4.79 Å². The number of aromatic nitrogens is 3. The lowest BCUT2D eigenvalue weighted by Gasteiger charge is -2.32. The fourth-order valence-electron chi connectivity index (χ4n) is 3.72. The normalized spacial score (nSPS) is 16.1. The zero-order valence-corrected chi connectivity index (χ0v) is 23.2. The predicted octanol–water partition coefficient (Wildman–Crippen LogP) is 5.29. The third kappa shape index (κ3) is 7.80. The third-order valence-electron chi connectivity index (χ3n) is 5.74. The molecule has 1 saturated heterocycles. The summed E-state index contributed by atoms with van der Waals surface area (Å²) in [4.78, 5) is 28.4. The van der Waals surface area contributed by atoms with Gasteiger partial charge in [0.25, 0.3) is 0 Å². The number of likely N-dealkylation sites (tertiary alicyclic amines) is 1. The molecule has 2 N–H and O–H groups in total. The van der Waals surface area contributed by atoms with Crippen LogP contribution in [0.1, 0.15) is 51.0 Å². The van der Waals surface area contributed by atoms with E-state index in [-0.39, 0.29) is 17.4 Å². The van der Waals surface area contributed by atoms with Crippen molar-refractivity contribution in [3.63, 3.8) is 0 Å². The van der Waals surface area contributed by atoms with E-state index < -0.39 is 0 Å². The zero-order valence-electron chi connectivity index (χ0n) is 21.5. The number of hydrogen-bond donors (Lipinski definition) is 2. The summed E-state index contributed by atoms with van der Waals surface area (Å²) >= 11 is 3.17. The summed E-state index contributed by atoms with van der Waals surface area (Å²) in [5.41, 5.74) is 1.66. The largest absolute Gasteiger partial charge is 0.444 e. The zero-order chi connectivity index (χ0) is 26.3. The van der Waals surface area contributed by atoms with Crippen LogP contribution in [0, 0.1) is 0 Å². The van der Waals surface area contributed by atoms with E-state index in [1.165, 1.54) is 0 Å². The average molecular weight is 543 g/mol. The maximum Gasteiger partial charge on any atom is 0.245 e. The van der Waals surface area contributed by atoms with Crippen LogP contribution in [0.25, 0.3) is 0 Å². The van der Waals surface area contributed by atoms with Gasteiger partial charge in [0.15, 0.2) is 5.13 Å². The molecular formula is C26H34N6O3S2. The first kappa shape index (κ1) is 27.2. The van der Waals surface area contributed by atoms with Crippen molar-refractivity contribution in [1.29, 1.82) is 0 Å². The molecule has 1 amide bonds. The molecule has 0 unspecified atom stereocenters. The van der Waals surface area contributed by atoms with Gasteiger partial charge in [-0.2, -0.15) is 0 Å². The molecule has 1 fully saturated rings. The molecule has 0 saturated carbocycles. The second-order valence-electron chi connectivity index (χ2n) is 9.76. The Morgan fingerprint density at radius 2 is 2.14 bits per heavy atom. The van der Waals surface area contributed by atoms with E-state index in [0.717, 1.165) is 45.9 Å². The van der Waals surface area contributed by atoms with E-state index in [4.69, 9.17) is 9.15 Å². The molecule has 0 aromatic carbocycles. The van der Waals surface area contributed by atoms with Crippen molar-refractivity contribution >= 4 is 39.8 Å². The highest BCUT2D eigenvalue weighted by molar-refractivity contribution is 8.00. The molecule has 1 aliphatic heterocycles. The van der Waals surface area contributed by atoms with Crippen LogP contribution in [-0.2, 0) is 27.2 Å². The Morgan fingerprint density at radius 1 is 1.27 bits per heavy atom. The summed E-state index contributed by atoms with van der Waals surface area (Å²) in [7, 11) is 0. The summed E-state index contributed by atoms with van der Waals surface area (Å²) in [6.07, 6.45) is 8.81. The predicted molar refractivity (Wildman–Crippen MR) is 148 cm³/mol. The van der Waals surface area contributed by atoms with Gasteiger partial charge in [0.05, 0.1) is 53.1 Å². The molecule has 0 radical (unpaired) electrons. The Kier molecular flexibility index (Phi) is 9.23. The van der Waals surface area contributed by atoms with E-state index in [2.05, 4.69) is 52.9 Å². The number of nitrogens with one attached hydrogen (secondary N) is 2. The van der Waals surface area contributed by atoms with Gasteiger partial charge in [-0.15, -0.1) is 18.3 Å². The molecule has 1 aliphatic rings. The van der Waals surface area contributed by atoms with Crippen LogP contribution in [0.3, 0.4) is 0 Å². The summed E-state index contributed by atoms with van der Waals surface area (Å²) < 4.78 is 12.3. The molecule has 9 nitrogen and oxygen atoms in total. The molecule has 0 spiro atoms. The van der Waals surface area contributed by atoms with E-state index in [0.29, 0.717) is 31.5 Å². The van der Waals surface area contributed by atoms with Gasteiger partial charge in [-0.25, -0.2) is 9.97 Å². The molecular weight excluding hydrogens is 508 g/mol. The van der Waals surface area contributed by atoms with Crippen molar-refractivity contribution in [2.75, 3.05) is 30.5 Å². The van der Waals surface area contributed by atoms with Gasteiger partial charge in [0.2, 0.25) is 11.8 Å². The second-order valence-corrected chi connectivity index (χ2v) is 12.1. The van der Waals surface area contributed by atoms with Crippen LogP contribution in [0.5, 0.6) is 0 Å². The minimum absolute atomic E-state index is 0.0603. The minimum Gasteiger partial charge on any atom is -0.444 e. The van der Waals surface area contributed by atoms with Crippen LogP contribution in [0.4, 0.5) is 10.8 Å². The lowest BCUT2D eigenvalue weighted by Crippen LogP contribution is -2.47. The topological polar surface area (TPSA) is 105 Å². The van der Waals surface area contributed by atoms with Crippen molar-refractivity contribution in [3.8, 4) is 0 Å². The Balaban J connectivity index is 1.26. The molecule has 0 aliphatic carbocycles. The van der Waals surface area contributed by atoms with Gasteiger partial charge >= 0.3 is 0 Å². The number of hydrogen-bond acceptors (Lipinski definition) is 10. The number of piperidine rings is 1. The third-order valence-corrected chi connectivity index (χ3v) is 7.84. The number of thioether (sulfide) groups is 1. The Morgan fingerprint density at radius 3 is 2.86 bits per heavy atom. The molecule has 4 heterocycles. The number of carbonyl (C=O) groups is 1. The summed E-state index contributed by atoms with van der Waals surface area (Å²) in [6.45, 7) is 12.0. The number of ether oxygens (including phenoxy) is 1. The first-order valence-corrected chi connectivity index (χ1v) is 14.1. The number of amides is 1. The highest BCUT2D eigenvalue weighted by Crippen LogP contribution is 2.32. The molecule has 4 rings (SSSR count). The number of carbonyl (C=O) groups excluding carboxylic acids is 1. The molecule has 37 heavy (non-hydrogen) atoms. The number of pyridine rings is 1.